The molecule has 6 nitrogen and oxygen atoms in total. The van der Waals surface area contributed by atoms with E-state index in [2.05, 4.69) is 33.5 Å². The third-order valence-electron chi connectivity index (χ3n) is 6.39. The number of benzene rings is 2. The molecular formula is C27H35N3O3. The lowest BCUT2D eigenvalue weighted by Gasteiger charge is -2.27. The Morgan fingerprint density at radius 2 is 1.67 bits per heavy atom. The third-order valence-corrected chi connectivity index (χ3v) is 6.39. The van der Waals surface area contributed by atoms with Crippen LogP contribution in [0.4, 0.5) is 0 Å². The summed E-state index contributed by atoms with van der Waals surface area (Å²) in [4.78, 5) is 6.65. The molecule has 0 saturated carbocycles. The topological polar surface area (TPSA) is 59.8 Å². The zero-order chi connectivity index (χ0) is 23.1. The van der Waals surface area contributed by atoms with Gasteiger partial charge in [-0.2, -0.15) is 0 Å². The maximum atomic E-state index is 11.1. The van der Waals surface area contributed by atoms with Gasteiger partial charge in [0, 0.05) is 25.5 Å². The van der Waals surface area contributed by atoms with Crippen molar-refractivity contribution >= 4 is 0 Å². The number of aromatic nitrogens is 2. The number of rotatable bonds is 9. The summed E-state index contributed by atoms with van der Waals surface area (Å²) in [5, 5.41) is 11.1. The molecule has 0 spiro atoms. The zero-order valence-corrected chi connectivity index (χ0v) is 19.7. The Hall–Kier alpha value is -2.83. The van der Waals surface area contributed by atoms with Gasteiger partial charge in [0.25, 0.3) is 0 Å². The highest BCUT2D eigenvalue weighted by Crippen LogP contribution is 2.25. The summed E-state index contributed by atoms with van der Waals surface area (Å²) in [6, 6.07) is 16.3. The lowest BCUT2D eigenvalue weighted by Crippen LogP contribution is -2.37. The van der Waals surface area contributed by atoms with Crippen molar-refractivity contribution in [1.82, 2.24) is 14.5 Å². The van der Waals surface area contributed by atoms with Gasteiger partial charge in [-0.15, -0.1) is 0 Å². The van der Waals surface area contributed by atoms with Crippen LogP contribution in [0.5, 0.6) is 11.5 Å². The molecule has 2 heterocycles. The van der Waals surface area contributed by atoms with Gasteiger partial charge in [-0.1, -0.05) is 29.8 Å². The van der Waals surface area contributed by atoms with E-state index < -0.39 is 5.60 Å². The molecule has 176 valence electrons. The molecule has 1 atom stereocenters. The van der Waals surface area contributed by atoms with Crippen LogP contribution in [0.1, 0.15) is 36.2 Å². The molecule has 0 aliphatic carbocycles. The fraction of sp³-hybridized carbons (Fsp3) is 0.444. The zero-order valence-electron chi connectivity index (χ0n) is 19.7. The Balaban J connectivity index is 1.22. The van der Waals surface area contributed by atoms with Crippen LogP contribution in [0, 0.1) is 13.8 Å². The van der Waals surface area contributed by atoms with Crippen LogP contribution in [0.2, 0.25) is 0 Å². The Bertz CT molecular complexity index is 1000. The van der Waals surface area contributed by atoms with Crippen molar-refractivity contribution in [1.29, 1.82) is 0 Å². The number of aryl methyl sites for hydroxylation is 2. The molecule has 0 radical (unpaired) electrons. The second-order valence-electron chi connectivity index (χ2n) is 9.12. The summed E-state index contributed by atoms with van der Waals surface area (Å²) < 4.78 is 13.9. The van der Waals surface area contributed by atoms with E-state index in [9.17, 15) is 5.11 Å². The van der Waals surface area contributed by atoms with Crippen LogP contribution in [-0.2, 0) is 13.1 Å². The number of ether oxygens (including phenoxy) is 2. The van der Waals surface area contributed by atoms with E-state index in [1.54, 1.807) is 0 Å². The number of likely N-dealkylation sites (tertiary alicyclic amines) is 1. The standard InChI is InChI=1S/C27H35N3O3/c1-22-4-8-26(9-5-22)33-21-27(31)12-3-15-29(16-13-27)20-24-6-10-25(11-7-24)32-19-18-30-17-14-28-23(30)2/h4-11,14,17,31H,3,12-13,15-16,18-21H2,1-2H3/t27-/m0/s1. The van der Waals surface area contributed by atoms with Crippen LogP contribution in [-0.4, -0.2) is 51.5 Å². The minimum Gasteiger partial charge on any atom is -0.492 e. The summed E-state index contributed by atoms with van der Waals surface area (Å²) in [6.45, 7) is 8.52. The van der Waals surface area contributed by atoms with Crippen LogP contribution < -0.4 is 9.47 Å². The lowest BCUT2D eigenvalue weighted by atomic mass is 9.96. The molecule has 0 amide bonds. The van der Waals surface area contributed by atoms with E-state index in [1.165, 1.54) is 11.1 Å². The highest BCUT2D eigenvalue weighted by Gasteiger charge is 2.31. The fourth-order valence-corrected chi connectivity index (χ4v) is 4.24. The molecule has 2 aromatic carbocycles. The van der Waals surface area contributed by atoms with Crippen molar-refractivity contribution in [2.24, 2.45) is 0 Å². The minimum atomic E-state index is -0.773. The monoisotopic (exact) mass is 449 g/mol. The molecule has 0 unspecified atom stereocenters. The van der Waals surface area contributed by atoms with E-state index >= 15 is 0 Å². The average Bonchev–Trinajstić information content (AvgIpc) is 3.13. The Morgan fingerprint density at radius 1 is 0.939 bits per heavy atom. The molecule has 1 fully saturated rings. The van der Waals surface area contributed by atoms with Crippen LogP contribution in [0.25, 0.3) is 0 Å². The SMILES string of the molecule is Cc1ccc(OC[C@]2(O)CCCN(Cc3ccc(OCCn4ccnc4C)cc3)CC2)cc1. The van der Waals surface area contributed by atoms with E-state index in [1.807, 2.05) is 55.7 Å². The first-order valence-electron chi connectivity index (χ1n) is 11.8. The van der Waals surface area contributed by atoms with Crippen molar-refractivity contribution in [3.63, 3.8) is 0 Å². The first-order chi connectivity index (χ1) is 16.0. The molecule has 3 aromatic rings. The van der Waals surface area contributed by atoms with Crippen molar-refractivity contribution in [2.45, 2.75) is 51.8 Å². The van der Waals surface area contributed by atoms with Gasteiger partial charge in [-0.05, 0) is 69.5 Å². The first-order valence-corrected chi connectivity index (χ1v) is 11.8. The normalized spacial score (nSPS) is 19.2. The van der Waals surface area contributed by atoms with E-state index in [0.717, 1.165) is 56.3 Å². The number of imidazole rings is 1. The predicted molar refractivity (Wildman–Crippen MR) is 130 cm³/mol. The molecule has 1 aromatic heterocycles. The second kappa shape index (κ2) is 10.9. The van der Waals surface area contributed by atoms with Crippen LogP contribution in [0.3, 0.4) is 0 Å². The largest absolute Gasteiger partial charge is 0.492 e. The molecule has 33 heavy (non-hydrogen) atoms. The maximum absolute atomic E-state index is 11.1. The van der Waals surface area contributed by atoms with Crippen molar-refractivity contribution in [3.8, 4) is 11.5 Å². The number of hydrogen-bond donors (Lipinski definition) is 1. The number of hydrogen-bond acceptors (Lipinski definition) is 5. The van der Waals surface area contributed by atoms with Gasteiger partial charge in [0.15, 0.2) is 0 Å². The predicted octanol–water partition coefficient (Wildman–Crippen LogP) is 4.37. The maximum Gasteiger partial charge on any atom is 0.119 e. The van der Waals surface area contributed by atoms with E-state index in [-0.39, 0.29) is 0 Å². The molecule has 0 bridgehead atoms. The Kier molecular flexibility index (Phi) is 7.68. The van der Waals surface area contributed by atoms with E-state index in [4.69, 9.17) is 9.47 Å². The summed E-state index contributed by atoms with van der Waals surface area (Å²) in [6.07, 6.45) is 6.22. The molecule has 1 saturated heterocycles. The molecule has 1 aliphatic heterocycles. The third kappa shape index (κ3) is 6.83. The summed E-state index contributed by atoms with van der Waals surface area (Å²) >= 11 is 0. The van der Waals surface area contributed by atoms with Gasteiger partial charge in [-0.25, -0.2) is 4.98 Å². The van der Waals surface area contributed by atoms with Crippen molar-refractivity contribution in [2.75, 3.05) is 26.3 Å². The second-order valence-corrected chi connectivity index (χ2v) is 9.12. The highest BCUT2D eigenvalue weighted by atomic mass is 16.5. The number of nitrogens with zero attached hydrogens (tertiary/aromatic N) is 3. The minimum absolute atomic E-state index is 0.342. The van der Waals surface area contributed by atoms with Gasteiger partial charge >= 0.3 is 0 Å². The average molecular weight is 450 g/mol. The summed E-state index contributed by atoms with van der Waals surface area (Å²) in [7, 11) is 0. The Morgan fingerprint density at radius 3 is 2.39 bits per heavy atom. The van der Waals surface area contributed by atoms with E-state index in [0.29, 0.717) is 19.6 Å². The van der Waals surface area contributed by atoms with Crippen LogP contribution >= 0.6 is 0 Å². The van der Waals surface area contributed by atoms with Gasteiger partial charge in [0.1, 0.15) is 30.5 Å². The smallest absolute Gasteiger partial charge is 0.119 e. The highest BCUT2D eigenvalue weighted by molar-refractivity contribution is 5.27. The summed E-state index contributed by atoms with van der Waals surface area (Å²) in [5.41, 5.74) is 1.69. The van der Waals surface area contributed by atoms with Crippen LogP contribution in [0.15, 0.2) is 60.9 Å². The molecular weight excluding hydrogens is 414 g/mol. The lowest BCUT2D eigenvalue weighted by molar-refractivity contribution is -0.0168. The van der Waals surface area contributed by atoms with Gasteiger partial charge < -0.3 is 19.1 Å². The quantitative estimate of drug-likeness (QED) is 0.526. The molecule has 1 aliphatic rings. The summed E-state index contributed by atoms with van der Waals surface area (Å²) in [5.74, 6) is 2.70. The van der Waals surface area contributed by atoms with Gasteiger partial charge in [0.05, 0.1) is 12.1 Å². The molecule has 6 heteroatoms. The molecule has 4 rings (SSSR count). The van der Waals surface area contributed by atoms with Crippen molar-refractivity contribution in [3.05, 3.63) is 77.9 Å². The molecule has 1 N–H and O–H groups in total. The Labute approximate surface area is 196 Å². The number of aliphatic hydroxyl groups is 1. The van der Waals surface area contributed by atoms with Gasteiger partial charge in [-0.3, -0.25) is 4.90 Å². The van der Waals surface area contributed by atoms with Gasteiger partial charge in [0.2, 0.25) is 0 Å². The van der Waals surface area contributed by atoms with Crippen molar-refractivity contribution < 1.29 is 14.6 Å². The fourth-order valence-electron chi connectivity index (χ4n) is 4.24. The first kappa shape index (κ1) is 23.3.